The molecule has 0 bridgehead atoms. The molecule has 0 aliphatic carbocycles. The van der Waals surface area contributed by atoms with Crippen molar-refractivity contribution in [1.29, 1.82) is 0 Å². The number of guanidine groups is 1. The summed E-state index contributed by atoms with van der Waals surface area (Å²) >= 11 is 0. The van der Waals surface area contributed by atoms with E-state index in [1.165, 1.54) is 31.4 Å². The molecule has 0 spiro atoms. The first-order chi connectivity index (χ1) is 9.22. The van der Waals surface area contributed by atoms with Gasteiger partial charge in [-0.25, -0.2) is 4.39 Å². The van der Waals surface area contributed by atoms with Gasteiger partial charge in [0.15, 0.2) is 5.96 Å². The van der Waals surface area contributed by atoms with Crippen LogP contribution in [0.1, 0.15) is 38.2 Å². The van der Waals surface area contributed by atoms with Crippen molar-refractivity contribution in [2.45, 2.75) is 39.0 Å². The predicted molar refractivity (Wildman–Crippen MR) is 78.7 cm³/mol. The highest BCUT2D eigenvalue weighted by atomic mass is 19.1. The van der Waals surface area contributed by atoms with Crippen molar-refractivity contribution in [3.63, 3.8) is 0 Å². The van der Waals surface area contributed by atoms with Crippen LogP contribution in [0.5, 0.6) is 0 Å². The number of halogens is 1. The van der Waals surface area contributed by atoms with E-state index in [4.69, 9.17) is 5.73 Å². The number of unbranched alkanes of at least 4 members (excludes halogenated alkanes) is 3. The first-order valence-electron chi connectivity index (χ1n) is 7.00. The van der Waals surface area contributed by atoms with Gasteiger partial charge in [0.1, 0.15) is 5.82 Å². The number of benzene rings is 1. The zero-order chi connectivity index (χ0) is 13.9. The van der Waals surface area contributed by atoms with Crippen molar-refractivity contribution in [2.75, 3.05) is 13.1 Å². The average Bonchev–Trinajstić information content (AvgIpc) is 2.41. The molecule has 0 unspecified atom stereocenters. The molecule has 3 nitrogen and oxygen atoms in total. The Bertz CT molecular complexity index is 373. The fourth-order valence-corrected chi connectivity index (χ4v) is 1.78. The molecule has 0 fully saturated rings. The summed E-state index contributed by atoms with van der Waals surface area (Å²) in [6.45, 7) is 3.69. The summed E-state index contributed by atoms with van der Waals surface area (Å²) in [5, 5.41) is 3.07. The Hall–Kier alpha value is -1.58. The van der Waals surface area contributed by atoms with Crippen molar-refractivity contribution >= 4 is 5.96 Å². The molecule has 0 aliphatic heterocycles. The molecule has 3 N–H and O–H groups in total. The molecule has 106 valence electrons. The second-order valence-electron chi connectivity index (χ2n) is 4.63. The average molecular weight is 265 g/mol. The smallest absolute Gasteiger partial charge is 0.188 e. The van der Waals surface area contributed by atoms with Gasteiger partial charge in [-0.05, 0) is 30.5 Å². The zero-order valence-corrected chi connectivity index (χ0v) is 11.7. The van der Waals surface area contributed by atoms with E-state index < -0.39 is 0 Å². The highest BCUT2D eigenvalue weighted by Gasteiger charge is 1.95. The van der Waals surface area contributed by atoms with Gasteiger partial charge in [-0.15, -0.1) is 0 Å². The van der Waals surface area contributed by atoms with E-state index in [9.17, 15) is 4.39 Å². The van der Waals surface area contributed by atoms with Gasteiger partial charge in [-0.1, -0.05) is 38.3 Å². The maximum atomic E-state index is 12.7. The zero-order valence-electron chi connectivity index (χ0n) is 11.7. The van der Waals surface area contributed by atoms with E-state index >= 15 is 0 Å². The minimum absolute atomic E-state index is 0.204. The van der Waals surface area contributed by atoms with Crippen molar-refractivity contribution in [3.05, 3.63) is 35.6 Å². The minimum atomic E-state index is -0.204. The molecule has 1 aromatic carbocycles. The first kappa shape index (κ1) is 15.5. The van der Waals surface area contributed by atoms with Gasteiger partial charge >= 0.3 is 0 Å². The molecule has 0 saturated heterocycles. The van der Waals surface area contributed by atoms with E-state index in [0.717, 1.165) is 31.5 Å². The van der Waals surface area contributed by atoms with Crippen LogP contribution in [0.2, 0.25) is 0 Å². The molecule has 0 saturated carbocycles. The minimum Gasteiger partial charge on any atom is -0.370 e. The number of hydrogen-bond acceptors (Lipinski definition) is 1. The van der Waals surface area contributed by atoms with Crippen LogP contribution in [0.4, 0.5) is 4.39 Å². The van der Waals surface area contributed by atoms with Gasteiger partial charge in [0, 0.05) is 13.1 Å². The number of nitrogens with two attached hydrogens (primary N) is 1. The Morgan fingerprint density at radius 3 is 2.63 bits per heavy atom. The Morgan fingerprint density at radius 2 is 1.95 bits per heavy atom. The number of aliphatic imine (C=N–C) groups is 1. The third-order valence-electron chi connectivity index (χ3n) is 2.93. The normalized spacial score (nSPS) is 11.6. The van der Waals surface area contributed by atoms with Crippen molar-refractivity contribution in [1.82, 2.24) is 5.32 Å². The summed E-state index contributed by atoms with van der Waals surface area (Å²) in [6.07, 6.45) is 5.60. The Labute approximate surface area is 115 Å². The fourth-order valence-electron chi connectivity index (χ4n) is 1.78. The second-order valence-corrected chi connectivity index (χ2v) is 4.63. The summed E-state index contributed by atoms with van der Waals surface area (Å²) in [5.74, 6) is 0.295. The SMILES string of the molecule is CCCCCCN=C(N)NCCc1ccc(F)cc1. The number of nitrogens with zero attached hydrogens (tertiary/aromatic N) is 1. The van der Waals surface area contributed by atoms with Crippen LogP contribution in [0, 0.1) is 5.82 Å². The number of rotatable bonds is 8. The van der Waals surface area contributed by atoms with Crippen molar-refractivity contribution in [3.8, 4) is 0 Å². The van der Waals surface area contributed by atoms with Gasteiger partial charge in [0.05, 0.1) is 0 Å². The molecule has 1 rings (SSSR count). The Kier molecular flexibility index (Phi) is 7.63. The highest BCUT2D eigenvalue weighted by molar-refractivity contribution is 5.77. The Balaban J connectivity index is 2.14. The lowest BCUT2D eigenvalue weighted by molar-refractivity contribution is 0.627. The van der Waals surface area contributed by atoms with Crippen LogP contribution in [0.15, 0.2) is 29.3 Å². The molecule has 0 aromatic heterocycles. The summed E-state index contributed by atoms with van der Waals surface area (Å²) in [7, 11) is 0. The second kappa shape index (κ2) is 9.36. The molecule has 0 radical (unpaired) electrons. The lowest BCUT2D eigenvalue weighted by Crippen LogP contribution is -2.33. The molecule has 19 heavy (non-hydrogen) atoms. The molecule has 1 aromatic rings. The highest BCUT2D eigenvalue weighted by Crippen LogP contribution is 2.02. The molecule has 0 heterocycles. The molecule has 0 aliphatic rings. The van der Waals surface area contributed by atoms with E-state index in [1.54, 1.807) is 12.1 Å². The van der Waals surface area contributed by atoms with Gasteiger partial charge < -0.3 is 11.1 Å². The molecule has 4 heteroatoms. The van der Waals surface area contributed by atoms with E-state index in [2.05, 4.69) is 17.2 Å². The topological polar surface area (TPSA) is 50.4 Å². The first-order valence-corrected chi connectivity index (χ1v) is 7.00. The summed E-state index contributed by atoms with van der Waals surface area (Å²) in [5.41, 5.74) is 6.84. The van der Waals surface area contributed by atoms with Gasteiger partial charge in [-0.3, -0.25) is 4.99 Å². The predicted octanol–water partition coefficient (Wildman–Crippen LogP) is 2.85. The number of hydrogen-bond donors (Lipinski definition) is 2. The number of nitrogens with one attached hydrogen (secondary N) is 1. The van der Waals surface area contributed by atoms with Crippen LogP contribution >= 0.6 is 0 Å². The van der Waals surface area contributed by atoms with Crippen LogP contribution in [-0.4, -0.2) is 19.0 Å². The van der Waals surface area contributed by atoms with Crippen LogP contribution < -0.4 is 11.1 Å². The van der Waals surface area contributed by atoms with Crippen LogP contribution in [0.25, 0.3) is 0 Å². The fraction of sp³-hybridized carbons (Fsp3) is 0.533. The van der Waals surface area contributed by atoms with Gasteiger partial charge in [0.2, 0.25) is 0 Å². The van der Waals surface area contributed by atoms with Crippen molar-refractivity contribution < 1.29 is 4.39 Å². The standard InChI is InChI=1S/C15H24FN3/c1-2-3-4-5-11-18-15(17)19-12-10-13-6-8-14(16)9-7-13/h6-9H,2-5,10-12H2,1H3,(H3,17,18,19). The van der Waals surface area contributed by atoms with E-state index in [1.807, 2.05) is 0 Å². The Morgan fingerprint density at radius 1 is 1.21 bits per heavy atom. The van der Waals surface area contributed by atoms with E-state index in [-0.39, 0.29) is 5.82 Å². The van der Waals surface area contributed by atoms with Crippen LogP contribution in [0.3, 0.4) is 0 Å². The third-order valence-corrected chi connectivity index (χ3v) is 2.93. The lowest BCUT2D eigenvalue weighted by Gasteiger charge is -2.05. The monoisotopic (exact) mass is 265 g/mol. The maximum absolute atomic E-state index is 12.7. The summed E-state index contributed by atoms with van der Waals surface area (Å²) in [6, 6.07) is 6.52. The molecular formula is C15H24FN3. The quantitative estimate of drug-likeness (QED) is 0.431. The third kappa shape index (κ3) is 7.44. The van der Waals surface area contributed by atoms with Gasteiger partial charge in [-0.2, -0.15) is 0 Å². The maximum Gasteiger partial charge on any atom is 0.188 e. The largest absolute Gasteiger partial charge is 0.370 e. The van der Waals surface area contributed by atoms with Gasteiger partial charge in [0.25, 0.3) is 0 Å². The van der Waals surface area contributed by atoms with Crippen molar-refractivity contribution in [2.24, 2.45) is 10.7 Å². The molecular weight excluding hydrogens is 241 g/mol. The summed E-state index contributed by atoms with van der Waals surface area (Å²) in [4.78, 5) is 4.26. The van der Waals surface area contributed by atoms with E-state index in [0.29, 0.717) is 5.96 Å². The van der Waals surface area contributed by atoms with Crippen LogP contribution in [-0.2, 0) is 6.42 Å². The molecule has 0 amide bonds. The molecule has 0 atom stereocenters. The summed E-state index contributed by atoms with van der Waals surface area (Å²) < 4.78 is 12.7. The lowest BCUT2D eigenvalue weighted by atomic mass is 10.1.